The second kappa shape index (κ2) is 46.3. The molecule has 4 aliphatic rings. The van der Waals surface area contributed by atoms with E-state index in [0.29, 0.717) is 12.2 Å². The molecule has 4 fully saturated rings. The fourth-order valence-corrected chi connectivity index (χ4v) is 5.90. The minimum absolute atomic E-state index is 0. The third-order valence-corrected chi connectivity index (χ3v) is 8.67. The van der Waals surface area contributed by atoms with Crippen molar-refractivity contribution in [3.05, 3.63) is 6.92 Å². The van der Waals surface area contributed by atoms with Crippen LogP contribution in [0.4, 0.5) is 0 Å². The van der Waals surface area contributed by atoms with Crippen LogP contribution >= 0.6 is 15.9 Å². The Kier molecular flexibility index (Phi) is 58.4. The zero-order chi connectivity index (χ0) is 31.7. The molecule has 2 N–H and O–H groups in total. The van der Waals surface area contributed by atoms with Gasteiger partial charge in [-0.15, -0.1) is 0 Å². The quantitative estimate of drug-likeness (QED) is 0.211. The van der Waals surface area contributed by atoms with E-state index in [1.165, 1.54) is 136 Å². The molecule has 0 spiro atoms. The molecular formula is C32H70B2Br2Mg2O7. The normalized spacial score (nSPS) is 17.8. The van der Waals surface area contributed by atoms with E-state index in [-0.39, 0.29) is 65.9 Å². The maximum absolute atomic E-state index is 8.66. The Morgan fingerprint density at radius 3 is 1.24 bits per heavy atom. The number of rotatable bonds is 8. The van der Waals surface area contributed by atoms with Gasteiger partial charge in [0.25, 0.3) is 0 Å². The topological polar surface area (TPSA) is 86.6 Å². The summed E-state index contributed by atoms with van der Waals surface area (Å²) < 4.78 is 23.6. The van der Waals surface area contributed by atoms with E-state index in [2.05, 4.69) is 36.8 Å². The van der Waals surface area contributed by atoms with E-state index < -0.39 is 14.4 Å². The van der Waals surface area contributed by atoms with Crippen molar-refractivity contribution in [3.8, 4) is 0 Å². The first-order valence-corrected chi connectivity index (χ1v) is 18.0. The third kappa shape index (κ3) is 44.3. The molecule has 1 heterocycles. The maximum Gasteiger partial charge on any atom is 2.00 e. The van der Waals surface area contributed by atoms with Crippen LogP contribution in [0, 0.1) is 24.7 Å². The van der Waals surface area contributed by atoms with Crippen molar-refractivity contribution in [3.63, 3.8) is 0 Å². The summed E-state index contributed by atoms with van der Waals surface area (Å²) >= 11 is 3.51. The van der Waals surface area contributed by atoms with E-state index >= 15 is 0 Å². The van der Waals surface area contributed by atoms with Crippen LogP contribution in [0.5, 0.6) is 0 Å². The first-order chi connectivity index (χ1) is 20.4. The van der Waals surface area contributed by atoms with Gasteiger partial charge in [-0.05, 0) is 57.7 Å². The molecule has 0 bridgehead atoms. The summed E-state index contributed by atoms with van der Waals surface area (Å²) in [4.78, 5) is 0. The molecule has 0 aromatic heterocycles. The molecule has 1 aliphatic heterocycles. The van der Waals surface area contributed by atoms with Gasteiger partial charge in [-0.25, -0.2) is 0 Å². The molecule has 264 valence electrons. The van der Waals surface area contributed by atoms with Crippen molar-refractivity contribution in [1.29, 1.82) is 0 Å². The third-order valence-electron chi connectivity index (χ3n) is 7.75. The van der Waals surface area contributed by atoms with Crippen LogP contribution in [-0.2, 0) is 23.4 Å². The van der Waals surface area contributed by atoms with Crippen LogP contribution in [0.1, 0.15) is 126 Å². The summed E-state index contributed by atoms with van der Waals surface area (Å²) in [5.41, 5.74) is 0. The van der Waals surface area contributed by atoms with Gasteiger partial charge in [-0.2, -0.15) is 5.92 Å². The van der Waals surface area contributed by atoms with E-state index in [0.717, 1.165) is 38.3 Å². The van der Waals surface area contributed by atoms with Gasteiger partial charge in [0, 0.05) is 53.1 Å². The fraction of sp³-hybridized carbons (Fsp3) is 0.969. The summed E-state index contributed by atoms with van der Waals surface area (Å²) in [6.07, 6.45) is 23.8. The molecule has 0 unspecified atom stereocenters. The molecule has 13 heteroatoms. The van der Waals surface area contributed by atoms with Crippen LogP contribution < -0.4 is 17.0 Å². The van der Waals surface area contributed by atoms with E-state index in [1.54, 1.807) is 0 Å². The Labute approximate surface area is 334 Å². The largest absolute Gasteiger partial charge is 2.00 e. The van der Waals surface area contributed by atoms with Gasteiger partial charge in [0.05, 0.1) is 0 Å². The Balaban J connectivity index is -0.0000000812. The smallest absolute Gasteiger partial charge is 1.00 e. The van der Waals surface area contributed by atoms with Gasteiger partial charge in [-0.1, -0.05) is 99.4 Å². The van der Waals surface area contributed by atoms with Crippen molar-refractivity contribution in [2.75, 3.05) is 53.1 Å². The van der Waals surface area contributed by atoms with Crippen LogP contribution in [0.15, 0.2) is 0 Å². The predicted octanol–water partition coefficient (Wildman–Crippen LogP) is 4.62. The van der Waals surface area contributed by atoms with Gasteiger partial charge in [0.2, 0.25) is 0 Å². The van der Waals surface area contributed by atoms with Crippen molar-refractivity contribution in [2.45, 2.75) is 129 Å². The molecule has 0 amide bonds. The van der Waals surface area contributed by atoms with Gasteiger partial charge in [0.1, 0.15) is 0 Å². The van der Waals surface area contributed by atoms with E-state index in [4.69, 9.17) is 19.5 Å². The molecule has 7 nitrogen and oxygen atoms in total. The zero-order valence-corrected chi connectivity index (χ0v) is 36.0. The summed E-state index contributed by atoms with van der Waals surface area (Å²) in [7, 11) is 2.94. The average molecular weight is 797 g/mol. The molecule has 3 saturated carbocycles. The molecule has 0 atom stereocenters. The number of alkyl halides is 1. The second-order valence-electron chi connectivity index (χ2n) is 11.5. The standard InChI is InChI=1S/C7H15BO2.C7H13Br.C7H13.C4H8O.C4H10O.C3H9BO3.BrH.2Mg.2H/c9-8(10)6-7-4-2-1-3-5-7;8-6-7-4-2-1-3-5-7;1-7-5-3-2-4-6-7;1-2-4-5-3-1;1-3-5-4-2;1-5-4(6-2)7-3;;;;;/h7,9-10H,1-6H2;7H,1-6H2;7H,1-6H2;1-4H2;3-4H2,1-2H3;1-3H3;1H;;;;/q;;-1;;;;;2*+2;2*-1/p-1. The number of hydrogen-bond donors (Lipinski definition) is 2. The minimum atomic E-state index is -1.08. The minimum Gasteiger partial charge on any atom is -1.00 e. The van der Waals surface area contributed by atoms with Crippen LogP contribution in [0.2, 0.25) is 6.32 Å². The molecule has 1 saturated heterocycles. The van der Waals surface area contributed by atoms with Crippen LogP contribution in [-0.4, -0.2) is 124 Å². The second-order valence-corrected chi connectivity index (χ2v) is 12.1. The van der Waals surface area contributed by atoms with Gasteiger partial charge in [-0.3, -0.25) is 0 Å². The summed E-state index contributed by atoms with van der Waals surface area (Å²) in [6, 6.07) is 0. The molecule has 3 aliphatic carbocycles. The maximum atomic E-state index is 8.66. The van der Waals surface area contributed by atoms with Gasteiger partial charge >= 0.3 is 60.5 Å². The SMILES string of the molecule is BrCC1CCCCC1.C1CCOC1.CCOCC.COB(OC)OC.OB(O)CC1CCCCC1.[Br-].[CH2-]C1CCCCC1.[H-].[H-].[Mg+2].[Mg+2]. The van der Waals surface area contributed by atoms with E-state index in [9.17, 15) is 0 Å². The number of ether oxygens (including phenoxy) is 2. The zero-order valence-electron chi connectivity index (χ0n) is 32.0. The van der Waals surface area contributed by atoms with Crippen molar-refractivity contribution in [2.24, 2.45) is 17.8 Å². The molecule has 0 aromatic rings. The molecule has 0 aromatic carbocycles. The number of halogens is 2. The predicted molar refractivity (Wildman–Crippen MR) is 197 cm³/mol. The first kappa shape index (κ1) is 56.7. The molecule has 45 heavy (non-hydrogen) atoms. The van der Waals surface area contributed by atoms with Crippen molar-refractivity contribution in [1.82, 2.24) is 0 Å². The molecule has 0 radical (unpaired) electrons. The summed E-state index contributed by atoms with van der Waals surface area (Å²) in [5, 5.41) is 18.5. The summed E-state index contributed by atoms with van der Waals surface area (Å²) in [6.45, 7) is 11.7. The van der Waals surface area contributed by atoms with Gasteiger partial charge < -0.3 is 60.2 Å². The fourth-order valence-electron chi connectivity index (χ4n) is 5.25. The van der Waals surface area contributed by atoms with Crippen LogP contribution in [0.3, 0.4) is 0 Å². The van der Waals surface area contributed by atoms with Crippen LogP contribution in [0.25, 0.3) is 0 Å². The van der Waals surface area contributed by atoms with Gasteiger partial charge in [0.15, 0.2) is 0 Å². The molecule has 4 rings (SSSR count). The van der Waals surface area contributed by atoms with Crippen molar-refractivity contribution < 1.29 is 53.3 Å². The Morgan fingerprint density at radius 2 is 1.07 bits per heavy atom. The Hall–Kier alpha value is 2.34. The first-order valence-electron chi connectivity index (χ1n) is 16.9. The summed E-state index contributed by atoms with van der Waals surface area (Å²) in [5.74, 6) is 2.37. The molecular weight excluding hydrogens is 726 g/mol. The number of hydrogen-bond acceptors (Lipinski definition) is 7. The Morgan fingerprint density at radius 1 is 0.689 bits per heavy atom. The average Bonchev–Trinajstić information content (AvgIpc) is 3.62. The monoisotopic (exact) mass is 794 g/mol. The Bertz CT molecular complexity index is 497. The van der Waals surface area contributed by atoms with Crippen molar-refractivity contribution >= 4 is 76.5 Å². The van der Waals surface area contributed by atoms with E-state index in [1.807, 2.05) is 13.8 Å².